The number of nitrogens with one attached hydrogen (secondary N) is 1. The summed E-state index contributed by atoms with van der Waals surface area (Å²) < 4.78 is 13.9. The SMILES string of the molecule is NC1CCN(c2n[nH]c(-c3cccc(F)c3Br)n2)CC1. The summed E-state index contributed by atoms with van der Waals surface area (Å²) in [6.07, 6.45) is 1.88. The van der Waals surface area contributed by atoms with Crippen molar-refractivity contribution in [1.82, 2.24) is 15.2 Å². The number of nitrogens with zero attached hydrogens (tertiary/aromatic N) is 3. The smallest absolute Gasteiger partial charge is 0.245 e. The molecule has 1 aromatic carbocycles. The van der Waals surface area contributed by atoms with Crippen molar-refractivity contribution in [1.29, 1.82) is 0 Å². The number of H-pyrrole nitrogens is 1. The Balaban J connectivity index is 1.85. The molecule has 2 heterocycles. The van der Waals surface area contributed by atoms with Gasteiger partial charge in [0.15, 0.2) is 5.82 Å². The molecular formula is C13H15BrFN5. The first-order valence-electron chi connectivity index (χ1n) is 6.52. The number of halogens is 2. The van der Waals surface area contributed by atoms with Crippen LogP contribution < -0.4 is 10.6 Å². The lowest BCUT2D eigenvalue weighted by molar-refractivity contribution is 0.496. The summed E-state index contributed by atoms with van der Waals surface area (Å²) in [5.74, 6) is 0.883. The topological polar surface area (TPSA) is 70.8 Å². The van der Waals surface area contributed by atoms with Gasteiger partial charge in [-0.15, -0.1) is 5.10 Å². The van der Waals surface area contributed by atoms with E-state index < -0.39 is 0 Å². The van der Waals surface area contributed by atoms with E-state index in [0.29, 0.717) is 21.8 Å². The van der Waals surface area contributed by atoms with E-state index in [0.717, 1.165) is 25.9 Å². The first-order chi connectivity index (χ1) is 9.65. The summed E-state index contributed by atoms with van der Waals surface area (Å²) in [6, 6.07) is 5.11. The van der Waals surface area contributed by atoms with E-state index in [4.69, 9.17) is 5.73 Å². The molecule has 0 bridgehead atoms. The number of piperidine rings is 1. The third-order valence-corrected chi connectivity index (χ3v) is 4.31. The zero-order valence-electron chi connectivity index (χ0n) is 10.8. The lowest BCUT2D eigenvalue weighted by atomic mass is 10.1. The third kappa shape index (κ3) is 2.55. The van der Waals surface area contributed by atoms with E-state index in [1.165, 1.54) is 6.07 Å². The number of benzene rings is 1. The summed E-state index contributed by atoms with van der Waals surface area (Å²) in [6.45, 7) is 1.70. The number of aromatic nitrogens is 3. The first kappa shape index (κ1) is 13.5. The summed E-state index contributed by atoms with van der Waals surface area (Å²) in [5.41, 5.74) is 6.55. The second kappa shape index (κ2) is 5.49. The van der Waals surface area contributed by atoms with E-state index in [9.17, 15) is 4.39 Å². The van der Waals surface area contributed by atoms with Crippen molar-refractivity contribution < 1.29 is 4.39 Å². The van der Waals surface area contributed by atoms with E-state index >= 15 is 0 Å². The Hall–Kier alpha value is -1.47. The van der Waals surface area contributed by atoms with E-state index in [-0.39, 0.29) is 11.9 Å². The van der Waals surface area contributed by atoms with Crippen LogP contribution in [0.4, 0.5) is 10.3 Å². The molecule has 1 aliphatic rings. The van der Waals surface area contributed by atoms with Gasteiger partial charge in [0.05, 0.1) is 4.47 Å². The Kier molecular flexibility index (Phi) is 3.71. The molecule has 106 valence electrons. The molecule has 1 fully saturated rings. The summed E-state index contributed by atoms with van der Waals surface area (Å²) in [4.78, 5) is 6.55. The van der Waals surface area contributed by atoms with Gasteiger partial charge >= 0.3 is 0 Å². The van der Waals surface area contributed by atoms with Gasteiger partial charge in [-0.25, -0.2) is 4.39 Å². The number of hydrogen-bond acceptors (Lipinski definition) is 4. The molecule has 7 heteroatoms. The van der Waals surface area contributed by atoms with Gasteiger partial charge in [0.2, 0.25) is 5.95 Å². The second-order valence-electron chi connectivity index (χ2n) is 4.91. The molecule has 5 nitrogen and oxygen atoms in total. The van der Waals surface area contributed by atoms with E-state index in [1.54, 1.807) is 12.1 Å². The van der Waals surface area contributed by atoms with Gasteiger partial charge in [-0.3, -0.25) is 5.10 Å². The first-order valence-corrected chi connectivity index (χ1v) is 7.32. The maximum absolute atomic E-state index is 13.5. The van der Waals surface area contributed by atoms with Crippen LogP contribution in [-0.4, -0.2) is 34.3 Å². The standard InChI is InChI=1S/C13H15BrFN5/c14-11-9(2-1-3-10(11)15)12-17-13(19-18-12)20-6-4-8(16)5-7-20/h1-3,8H,4-7,16H2,(H,17,18,19). The molecule has 1 aliphatic heterocycles. The molecule has 0 spiro atoms. The molecule has 3 N–H and O–H groups in total. The molecule has 3 rings (SSSR count). The number of rotatable bonds is 2. The van der Waals surface area contributed by atoms with Crippen molar-refractivity contribution in [2.45, 2.75) is 18.9 Å². The molecule has 1 aromatic heterocycles. The van der Waals surface area contributed by atoms with Crippen LogP contribution in [-0.2, 0) is 0 Å². The fourth-order valence-corrected chi connectivity index (χ4v) is 2.75. The fourth-order valence-electron chi connectivity index (χ4n) is 2.30. The van der Waals surface area contributed by atoms with Crippen LogP contribution in [0.15, 0.2) is 22.7 Å². The molecular weight excluding hydrogens is 325 g/mol. The largest absolute Gasteiger partial charge is 0.339 e. The average molecular weight is 340 g/mol. The molecule has 20 heavy (non-hydrogen) atoms. The number of anilines is 1. The van der Waals surface area contributed by atoms with Gasteiger partial charge in [0.25, 0.3) is 0 Å². The van der Waals surface area contributed by atoms with Gasteiger partial charge in [-0.05, 0) is 40.9 Å². The Morgan fingerprint density at radius 1 is 1.35 bits per heavy atom. The quantitative estimate of drug-likeness (QED) is 0.880. The minimum Gasteiger partial charge on any atom is -0.339 e. The Labute approximate surface area is 124 Å². The highest BCUT2D eigenvalue weighted by Crippen LogP contribution is 2.29. The molecule has 0 atom stereocenters. The Morgan fingerprint density at radius 2 is 2.10 bits per heavy atom. The van der Waals surface area contributed by atoms with Gasteiger partial charge < -0.3 is 10.6 Å². The lowest BCUT2D eigenvalue weighted by Gasteiger charge is -2.28. The van der Waals surface area contributed by atoms with Gasteiger partial charge in [-0.2, -0.15) is 4.98 Å². The minimum atomic E-state index is -0.315. The van der Waals surface area contributed by atoms with Crippen molar-refractivity contribution in [3.05, 3.63) is 28.5 Å². The zero-order chi connectivity index (χ0) is 14.1. The second-order valence-corrected chi connectivity index (χ2v) is 5.70. The van der Waals surface area contributed by atoms with Crippen LogP contribution >= 0.6 is 15.9 Å². The molecule has 0 unspecified atom stereocenters. The fraction of sp³-hybridized carbons (Fsp3) is 0.385. The van der Waals surface area contributed by atoms with Crippen LogP contribution in [0.25, 0.3) is 11.4 Å². The highest BCUT2D eigenvalue weighted by Gasteiger charge is 2.20. The highest BCUT2D eigenvalue weighted by atomic mass is 79.9. The molecule has 0 aliphatic carbocycles. The van der Waals surface area contributed by atoms with Crippen molar-refractivity contribution in [3.8, 4) is 11.4 Å². The van der Waals surface area contributed by atoms with Crippen molar-refractivity contribution in [2.24, 2.45) is 5.73 Å². The van der Waals surface area contributed by atoms with Crippen molar-refractivity contribution in [2.75, 3.05) is 18.0 Å². The van der Waals surface area contributed by atoms with Gasteiger partial charge in [-0.1, -0.05) is 6.07 Å². The average Bonchev–Trinajstić information content (AvgIpc) is 2.92. The molecule has 0 radical (unpaired) electrons. The van der Waals surface area contributed by atoms with Gasteiger partial charge in [0, 0.05) is 24.7 Å². The van der Waals surface area contributed by atoms with Crippen LogP contribution in [0.3, 0.4) is 0 Å². The van der Waals surface area contributed by atoms with Crippen LogP contribution in [0.5, 0.6) is 0 Å². The predicted molar refractivity (Wildman–Crippen MR) is 78.9 cm³/mol. The predicted octanol–water partition coefficient (Wildman–Crippen LogP) is 2.30. The van der Waals surface area contributed by atoms with Gasteiger partial charge in [0.1, 0.15) is 5.82 Å². The minimum absolute atomic E-state index is 0.266. The molecule has 0 saturated carbocycles. The maximum atomic E-state index is 13.5. The molecule has 2 aromatic rings. The summed E-state index contributed by atoms with van der Waals surface area (Å²) in [7, 11) is 0. The van der Waals surface area contributed by atoms with Crippen LogP contribution in [0, 0.1) is 5.82 Å². The van der Waals surface area contributed by atoms with E-state index in [1.807, 2.05) is 0 Å². The number of nitrogens with two attached hydrogens (primary N) is 1. The normalized spacial score (nSPS) is 16.6. The van der Waals surface area contributed by atoms with Crippen LogP contribution in [0.1, 0.15) is 12.8 Å². The lowest BCUT2D eigenvalue weighted by Crippen LogP contribution is -2.40. The third-order valence-electron chi connectivity index (χ3n) is 3.50. The van der Waals surface area contributed by atoms with Crippen molar-refractivity contribution >= 4 is 21.9 Å². The zero-order valence-corrected chi connectivity index (χ0v) is 12.4. The number of hydrogen-bond donors (Lipinski definition) is 2. The van der Waals surface area contributed by atoms with Crippen molar-refractivity contribution in [3.63, 3.8) is 0 Å². The molecule has 1 saturated heterocycles. The summed E-state index contributed by atoms with van der Waals surface area (Å²) >= 11 is 3.24. The maximum Gasteiger partial charge on any atom is 0.245 e. The van der Waals surface area contributed by atoms with Crippen LogP contribution in [0.2, 0.25) is 0 Å². The summed E-state index contributed by atoms with van der Waals surface area (Å²) in [5, 5.41) is 7.09. The number of aromatic amines is 1. The van der Waals surface area contributed by atoms with E-state index in [2.05, 4.69) is 36.0 Å². The Bertz CT molecular complexity index is 607. The Morgan fingerprint density at radius 3 is 2.85 bits per heavy atom. The molecule has 0 amide bonds. The highest BCUT2D eigenvalue weighted by molar-refractivity contribution is 9.10. The monoisotopic (exact) mass is 339 g/mol.